The predicted molar refractivity (Wildman–Crippen MR) is 118 cm³/mol. The third-order valence-electron chi connectivity index (χ3n) is 6.62. The zero-order chi connectivity index (χ0) is 20.9. The largest absolute Gasteiger partial charge is 0.395 e. The van der Waals surface area contributed by atoms with E-state index in [-0.39, 0.29) is 18.6 Å². The predicted octanol–water partition coefficient (Wildman–Crippen LogP) is 2.21. The van der Waals surface area contributed by atoms with Gasteiger partial charge in [0.2, 0.25) is 0 Å². The van der Waals surface area contributed by atoms with E-state index < -0.39 is 0 Å². The molecule has 2 aromatic heterocycles. The molecule has 0 bridgehead atoms. The molecule has 2 aliphatic heterocycles. The van der Waals surface area contributed by atoms with Crippen LogP contribution in [0.2, 0.25) is 0 Å². The van der Waals surface area contributed by atoms with E-state index in [1.54, 1.807) is 0 Å². The third kappa shape index (κ3) is 4.53. The molecule has 4 heterocycles. The topological polar surface area (TPSA) is 73.1 Å². The highest BCUT2D eigenvalue weighted by Gasteiger charge is 2.26. The molecule has 0 spiro atoms. The normalized spacial score (nSPS) is 20.7. The SMILES string of the molecule is Cc1cccn2c(CNCCN3CCCCC3CO)c(C(=O)N3CCCCC3)nc12. The van der Waals surface area contributed by atoms with Crippen molar-refractivity contribution in [1.82, 2.24) is 24.5 Å². The van der Waals surface area contributed by atoms with Gasteiger partial charge in [-0.3, -0.25) is 9.69 Å². The van der Waals surface area contributed by atoms with Crippen LogP contribution in [-0.2, 0) is 6.54 Å². The first-order chi connectivity index (χ1) is 14.7. The summed E-state index contributed by atoms with van der Waals surface area (Å²) in [5.74, 6) is 0.0611. The van der Waals surface area contributed by atoms with Crippen molar-refractivity contribution in [3.63, 3.8) is 0 Å². The molecule has 0 radical (unpaired) electrons. The van der Waals surface area contributed by atoms with Crippen LogP contribution >= 0.6 is 0 Å². The lowest BCUT2D eigenvalue weighted by Crippen LogP contribution is -2.44. The molecule has 1 unspecified atom stereocenters. The Morgan fingerprint density at radius 1 is 1.20 bits per heavy atom. The number of piperidine rings is 2. The van der Waals surface area contributed by atoms with Crippen LogP contribution in [0.25, 0.3) is 5.65 Å². The van der Waals surface area contributed by atoms with Crippen molar-refractivity contribution in [2.24, 2.45) is 0 Å². The Morgan fingerprint density at radius 3 is 2.80 bits per heavy atom. The lowest BCUT2D eigenvalue weighted by molar-refractivity contribution is 0.0717. The molecule has 0 aromatic carbocycles. The number of aromatic nitrogens is 2. The van der Waals surface area contributed by atoms with Gasteiger partial charge in [0.05, 0.1) is 12.3 Å². The van der Waals surface area contributed by atoms with Gasteiger partial charge >= 0.3 is 0 Å². The molecule has 2 N–H and O–H groups in total. The molecule has 164 valence electrons. The standard InChI is InChI=1S/C23H35N5O2/c1-18-8-7-14-28-20(16-24-10-15-26-11-6-3-9-19(26)17-29)21(25-22(18)28)23(30)27-12-4-2-5-13-27/h7-8,14,19,24,29H,2-6,9-13,15-17H2,1H3. The summed E-state index contributed by atoms with van der Waals surface area (Å²) in [6.07, 6.45) is 8.86. The number of aliphatic hydroxyl groups excluding tert-OH is 1. The fourth-order valence-corrected chi connectivity index (χ4v) is 4.83. The molecule has 1 amide bonds. The van der Waals surface area contributed by atoms with Crippen LogP contribution in [0.4, 0.5) is 0 Å². The molecule has 4 rings (SSSR count). The van der Waals surface area contributed by atoms with Crippen LogP contribution in [-0.4, -0.2) is 75.6 Å². The maximum Gasteiger partial charge on any atom is 0.274 e. The fraction of sp³-hybridized carbons (Fsp3) is 0.652. The van der Waals surface area contributed by atoms with Gasteiger partial charge in [0.25, 0.3) is 5.91 Å². The number of imidazole rings is 1. The average molecular weight is 414 g/mol. The van der Waals surface area contributed by atoms with E-state index in [9.17, 15) is 9.90 Å². The van der Waals surface area contributed by atoms with Gasteiger partial charge in [0.15, 0.2) is 5.69 Å². The maximum absolute atomic E-state index is 13.2. The summed E-state index contributed by atoms with van der Waals surface area (Å²) < 4.78 is 2.07. The minimum absolute atomic E-state index is 0.0611. The molecule has 2 saturated heterocycles. The number of amides is 1. The Labute approximate surface area is 179 Å². The second-order valence-corrected chi connectivity index (χ2v) is 8.69. The Bertz CT molecular complexity index is 859. The molecule has 7 nitrogen and oxygen atoms in total. The Hall–Kier alpha value is -1.96. The van der Waals surface area contributed by atoms with Gasteiger partial charge in [-0.2, -0.15) is 0 Å². The van der Waals surface area contributed by atoms with E-state index >= 15 is 0 Å². The highest BCUT2D eigenvalue weighted by molar-refractivity contribution is 5.94. The first-order valence-corrected chi connectivity index (χ1v) is 11.5. The number of carbonyl (C=O) groups is 1. The van der Waals surface area contributed by atoms with Gasteiger partial charge < -0.3 is 19.7 Å². The van der Waals surface area contributed by atoms with Crippen molar-refractivity contribution in [2.75, 3.05) is 39.3 Å². The van der Waals surface area contributed by atoms with Crippen LogP contribution < -0.4 is 5.32 Å². The van der Waals surface area contributed by atoms with Crippen LogP contribution in [0.3, 0.4) is 0 Å². The Morgan fingerprint density at radius 2 is 2.00 bits per heavy atom. The summed E-state index contributed by atoms with van der Waals surface area (Å²) in [6, 6.07) is 4.35. The van der Waals surface area contributed by atoms with Gasteiger partial charge in [-0.05, 0) is 57.2 Å². The average Bonchev–Trinajstić information content (AvgIpc) is 3.17. The molecule has 2 aromatic rings. The number of nitrogens with one attached hydrogen (secondary N) is 1. The highest BCUT2D eigenvalue weighted by Crippen LogP contribution is 2.20. The van der Waals surface area contributed by atoms with Crippen LogP contribution in [0.15, 0.2) is 18.3 Å². The molecule has 0 saturated carbocycles. The molecule has 30 heavy (non-hydrogen) atoms. The highest BCUT2D eigenvalue weighted by atomic mass is 16.3. The Kier molecular flexibility index (Phi) is 7.02. The van der Waals surface area contributed by atoms with Crippen LogP contribution in [0, 0.1) is 6.92 Å². The quantitative estimate of drug-likeness (QED) is 0.681. The van der Waals surface area contributed by atoms with E-state index in [0.29, 0.717) is 12.2 Å². The van der Waals surface area contributed by atoms with Gasteiger partial charge in [-0.25, -0.2) is 4.98 Å². The lowest BCUT2D eigenvalue weighted by atomic mass is 10.0. The van der Waals surface area contributed by atoms with E-state index in [2.05, 4.69) is 14.6 Å². The minimum atomic E-state index is 0.0611. The molecule has 0 aliphatic carbocycles. The van der Waals surface area contributed by atoms with Crippen LogP contribution in [0.5, 0.6) is 0 Å². The third-order valence-corrected chi connectivity index (χ3v) is 6.62. The second-order valence-electron chi connectivity index (χ2n) is 8.69. The van der Waals surface area contributed by atoms with E-state index in [1.165, 1.54) is 19.3 Å². The summed E-state index contributed by atoms with van der Waals surface area (Å²) >= 11 is 0. The van der Waals surface area contributed by atoms with Gasteiger partial charge in [0.1, 0.15) is 5.65 Å². The van der Waals surface area contributed by atoms with Crippen molar-refractivity contribution < 1.29 is 9.90 Å². The number of hydrogen-bond acceptors (Lipinski definition) is 5. The minimum Gasteiger partial charge on any atom is -0.395 e. The van der Waals surface area contributed by atoms with Crippen molar-refractivity contribution in [1.29, 1.82) is 0 Å². The summed E-state index contributed by atoms with van der Waals surface area (Å²) in [6.45, 7) is 7.34. The number of aryl methyl sites for hydroxylation is 1. The van der Waals surface area contributed by atoms with E-state index in [1.807, 2.05) is 30.2 Å². The number of pyridine rings is 1. The summed E-state index contributed by atoms with van der Waals surface area (Å²) in [4.78, 5) is 22.4. The number of aliphatic hydroxyl groups is 1. The van der Waals surface area contributed by atoms with E-state index in [4.69, 9.17) is 4.98 Å². The molecule has 2 aliphatic rings. The van der Waals surface area contributed by atoms with Gasteiger partial charge in [-0.1, -0.05) is 12.5 Å². The number of hydrogen-bond donors (Lipinski definition) is 2. The number of carbonyl (C=O) groups excluding carboxylic acids is 1. The van der Waals surface area contributed by atoms with Gasteiger partial charge in [-0.15, -0.1) is 0 Å². The maximum atomic E-state index is 13.2. The first-order valence-electron chi connectivity index (χ1n) is 11.5. The molecule has 1 atom stereocenters. The molecule has 2 fully saturated rings. The number of fused-ring (bicyclic) bond motifs is 1. The van der Waals surface area contributed by atoms with Crippen molar-refractivity contribution in [3.8, 4) is 0 Å². The smallest absolute Gasteiger partial charge is 0.274 e. The van der Waals surface area contributed by atoms with E-state index in [0.717, 1.165) is 68.9 Å². The zero-order valence-electron chi connectivity index (χ0n) is 18.1. The first kappa shape index (κ1) is 21.3. The molecular formula is C23H35N5O2. The second kappa shape index (κ2) is 9.90. The lowest BCUT2D eigenvalue weighted by Gasteiger charge is -2.34. The number of likely N-dealkylation sites (tertiary alicyclic amines) is 2. The van der Waals surface area contributed by atoms with Crippen LogP contribution in [0.1, 0.15) is 60.3 Å². The molecular weight excluding hydrogens is 378 g/mol. The fourth-order valence-electron chi connectivity index (χ4n) is 4.83. The van der Waals surface area contributed by atoms with Crippen molar-refractivity contribution in [3.05, 3.63) is 35.3 Å². The summed E-state index contributed by atoms with van der Waals surface area (Å²) in [5.41, 5.74) is 3.48. The summed E-state index contributed by atoms with van der Waals surface area (Å²) in [7, 11) is 0. The van der Waals surface area contributed by atoms with Gasteiger partial charge in [0, 0.05) is 45.0 Å². The van der Waals surface area contributed by atoms with Crippen molar-refractivity contribution in [2.45, 2.75) is 58.0 Å². The Balaban J connectivity index is 1.47. The van der Waals surface area contributed by atoms with Crippen molar-refractivity contribution >= 4 is 11.6 Å². The number of nitrogens with zero attached hydrogens (tertiary/aromatic N) is 4. The molecule has 7 heteroatoms. The zero-order valence-corrected chi connectivity index (χ0v) is 18.1. The number of rotatable bonds is 7. The summed E-state index contributed by atoms with van der Waals surface area (Å²) in [5, 5.41) is 13.2. The monoisotopic (exact) mass is 413 g/mol.